The highest BCUT2D eigenvalue weighted by Crippen LogP contribution is 2.45. The van der Waals surface area contributed by atoms with Gasteiger partial charge in [-0.1, -0.05) is 17.7 Å². The molecule has 1 atom stereocenters. The summed E-state index contributed by atoms with van der Waals surface area (Å²) in [4.78, 5) is -0.125. The Balaban J connectivity index is 2.51. The molecule has 1 aromatic carbocycles. The van der Waals surface area contributed by atoms with E-state index in [2.05, 4.69) is 0 Å². The van der Waals surface area contributed by atoms with Crippen LogP contribution in [0.5, 0.6) is 0 Å². The van der Waals surface area contributed by atoms with Crippen molar-refractivity contribution in [2.24, 2.45) is 0 Å². The zero-order valence-corrected chi connectivity index (χ0v) is 14.6. The number of hydrogen-bond acceptors (Lipinski definition) is 3. The third-order valence-corrected chi connectivity index (χ3v) is 6.34. The molecule has 0 radical (unpaired) electrons. The molecule has 0 aliphatic carbocycles. The van der Waals surface area contributed by atoms with Gasteiger partial charge in [-0.05, 0) is 45.2 Å². The van der Waals surface area contributed by atoms with E-state index in [4.69, 9.17) is 4.74 Å². The predicted octanol–water partition coefficient (Wildman–Crippen LogP) is 3.51. The van der Waals surface area contributed by atoms with E-state index in [1.807, 2.05) is 0 Å². The van der Waals surface area contributed by atoms with E-state index in [9.17, 15) is 21.6 Å². The molecule has 24 heavy (non-hydrogen) atoms. The van der Waals surface area contributed by atoms with Gasteiger partial charge in [0.2, 0.25) is 10.0 Å². The molecule has 0 amide bonds. The van der Waals surface area contributed by atoms with Gasteiger partial charge in [0.25, 0.3) is 0 Å². The van der Waals surface area contributed by atoms with Gasteiger partial charge in [0.1, 0.15) is 0 Å². The fourth-order valence-corrected chi connectivity index (χ4v) is 4.79. The molecular formula is C16H22F3NO3S. The predicted molar refractivity (Wildman–Crippen MR) is 84.2 cm³/mol. The van der Waals surface area contributed by atoms with Gasteiger partial charge in [-0.2, -0.15) is 17.5 Å². The molecule has 2 rings (SSSR count). The summed E-state index contributed by atoms with van der Waals surface area (Å²) in [5.41, 5.74) is -1.67. The molecule has 1 aromatic rings. The normalized spacial score (nSPS) is 23.4. The Kier molecular flexibility index (Phi) is 5.61. The number of halogens is 3. The van der Waals surface area contributed by atoms with Crippen LogP contribution in [0.1, 0.15) is 31.7 Å². The van der Waals surface area contributed by atoms with Crippen LogP contribution in [-0.4, -0.2) is 44.2 Å². The number of alkyl halides is 3. The zero-order valence-electron chi connectivity index (χ0n) is 13.8. The number of rotatable bonds is 5. The number of hydrogen-bond donors (Lipinski definition) is 0. The van der Waals surface area contributed by atoms with Crippen LogP contribution in [-0.2, 0) is 14.8 Å². The van der Waals surface area contributed by atoms with Crippen molar-refractivity contribution in [1.29, 1.82) is 0 Å². The molecule has 0 aromatic heterocycles. The first kappa shape index (κ1) is 19.2. The molecule has 1 aliphatic heterocycles. The van der Waals surface area contributed by atoms with Gasteiger partial charge >= 0.3 is 6.18 Å². The van der Waals surface area contributed by atoms with Crippen molar-refractivity contribution >= 4 is 10.0 Å². The fraction of sp³-hybridized carbons (Fsp3) is 0.625. The Morgan fingerprint density at radius 1 is 1.21 bits per heavy atom. The second kappa shape index (κ2) is 7.01. The van der Waals surface area contributed by atoms with E-state index in [1.165, 1.54) is 12.1 Å². The summed E-state index contributed by atoms with van der Waals surface area (Å²) in [5.74, 6) is 0. The lowest BCUT2D eigenvalue weighted by Gasteiger charge is -2.46. The van der Waals surface area contributed by atoms with Crippen molar-refractivity contribution in [2.75, 3.05) is 19.8 Å². The van der Waals surface area contributed by atoms with E-state index in [1.54, 1.807) is 26.0 Å². The summed E-state index contributed by atoms with van der Waals surface area (Å²) < 4.78 is 73.1. The minimum absolute atomic E-state index is 0.0935. The summed E-state index contributed by atoms with van der Waals surface area (Å²) in [6.07, 6.45) is -4.29. The van der Waals surface area contributed by atoms with Crippen LogP contribution >= 0.6 is 0 Å². The molecule has 4 nitrogen and oxygen atoms in total. The Hall–Kier alpha value is -1.12. The van der Waals surface area contributed by atoms with Crippen LogP contribution in [0.2, 0.25) is 0 Å². The van der Waals surface area contributed by atoms with Crippen molar-refractivity contribution in [2.45, 2.75) is 49.7 Å². The molecule has 1 fully saturated rings. The Labute approximate surface area is 140 Å². The molecule has 1 aliphatic rings. The van der Waals surface area contributed by atoms with Crippen molar-refractivity contribution in [3.8, 4) is 0 Å². The molecule has 0 bridgehead atoms. The lowest BCUT2D eigenvalue weighted by atomic mass is 9.89. The molecule has 8 heteroatoms. The van der Waals surface area contributed by atoms with Crippen molar-refractivity contribution in [1.82, 2.24) is 4.31 Å². The van der Waals surface area contributed by atoms with E-state index in [0.717, 1.165) is 5.56 Å². The van der Waals surface area contributed by atoms with E-state index >= 15 is 0 Å². The maximum atomic E-state index is 13.9. The fourth-order valence-electron chi connectivity index (χ4n) is 2.98. The molecule has 0 spiro atoms. The highest BCUT2D eigenvalue weighted by atomic mass is 32.2. The van der Waals surface area contributed by atoms with Crippen LogP contribution in [0, 0.1) is 6.92 Å². The second-order valence-corrected chi connectivity index (χ2v) is 7.88. The number of sulfonamides is 1. The Morgan fingerprint density at radius 3 is 2.38 bits per heavy atom. The first-order valence-corrected chi connectivity index (χ1v) is 9.33. The third kappa shape index (κ3) is 3.45. The van der Waals surface area contributed by atoms with Crippen LogP contribution in [0.4, 0.5) is 13.2 Å². The zero-order chi connectivity index (χ0) is 18.0. The first-order valence-electron chi connectivity index (χ1n) is 7.89. The summed E-state index contributed by atoms with van der Waals surface area (Å²) >= 11 is 0. The van der Waals surface area contributed by atoms with Crippen LogP contribution < -0.4 is 0 Å². The smallest absolute Gasteiger partial charge is 0.379 e. The highest BCUT2D eigenvalue weighted by Gasteiger charge is 2.62. The van der Waals surface area contributed by atoms with Gasteiger partial charge in [-0.25, -0.2) is 8.42 Å². The van der Waals surface area contributed by atoms with E-state index in [0.29, 0.717) is 17.1 Å². The molecule has 1 heterocycles. The summed E-state index contributed by atoms with van der Waals surface area (Å²) in [5, 5.41) is 0. The van der Waals surface area contributed by atoms with Gasteiger partial charge in [0.15, 0.2) is 5.54 Å². The summed E-state index contributed by atoms with van der Waals surface area (Å²) in [6.45, 7) is 2.62. The molecule has 1 saturated heterocycles. The highest BCUT2D eigenvalue weighted by molar-refractivity contribution is 7.89. The first-order chi connectivity index (χ1) is 11.1. The molecular weight excluding hydrogens is 343 g/mol. The lowest BCUT2D eigenvalue weighted by molar-refractivity contribution is -0.240. The minimum Gasteiger partial charge on any atom is -0.379 e. The van der Waals surface area contributed by atoms with Gasteiger partial charge in [-0.3, -0.25) is 0 Å². The Bertz CT molecular complexity index is 658. The molecule has 0 saturated carbocycles. The summed E-state index contributed by atoms with van der Waals surface area (Å²) in [6, 6.07) is 5.85. The van der Waals surface area contributed by atoms with Crippen LogP contribution in [0.3, 0.4) is 0 Å². The van der Waals surface area contributed by atoms with Crippen LogP contribution in [0.25, 0.3) is 0 Å². The van der Waals surface area contributed by atoms with Crippen molar-refractivity contribution in [3.63, 3.8) is 0 Å². The maximum absolute atomic E-state index is 13.9. The van der Waals surface area contributed by atoms with E-state index in [-0.39, 0.29) is 24.5 Å². The lowest BCUT2D eigenvalue weighted by Crippen LogP contribution is -2.65. The third-order valence-electron chi connectivity index (χ3n) is 4.36. The number of ether oxygens (including phenoxy) is 1. The van der Waals surface area contributed by atoms with Gasteiger partial charge in [0.05, 0.1) is 11.5 Å². The van der Waals surface area contributed by atoms with Gasteiger partial charge in [-0.15, -0.1) is 0 Å². The standard InChI is InChI=1S/C16H22F3NO3S/c1-3-23-12-15(16(17,18)19)10-4-5-11-20(15)24(21,22)14-8-6-13(2)7-9-14/h6-9H,3-5,10-12H2,1-2H3. The SMILES string of the molecule is CCOCC1(C(F)(F)F)CCCCN1S(=O)(=O)c1ccc(C)cc1. The van der Waals surface area contributed by atoms with Gasteiger partial charge < -0.3 is 4.74 Å². The summed E-state index contributed by atoms with van der Waals surface area (Å²) in [7, 11) is -4.27. The quantitative estimate of drug-likeness (QED) is 0.802. The number of benzene rings is 1. The second-order valence-electron chi connectivity index (χ2n) is 6.01. The van der Waals surface area contributed by atoms with Crippen LogP contribution in [0.15, 0.2) is 29.2 Å². The molecule has 1 unspecified atom stereocenters. The van der Waals surface area contributed by atoms with Gasteiger partial charge in [0, 0.05) is 13.2 Å². The molecule has 136 valence electrons. The number of nitrogens with zero attached hydrogens (tertiary/aromatic N) is 1. The number of aryl methyl sites for hydroxylation is 1. The maximum Gasteiger partial charge on any atom is 0.410 e. The Morgan fingerprint density at radius 2 is 1.83 bits per heavy atom. The van der Waals surface area contributed by atoms with Crippen molar-refractivity contribution in [3.05, 3.63) is 29.8 Å². The topological polar surface area (TPSA) is 46.6 Å². The minimum atomic E-state index is -4.71. The van der Waals surface area contributed by atoms with E-state index < -0.39 is 28.3 Å². The average Bonchev–Trinajstić information content (AvgIpc) is 2.52. The van der Waals surface area contributed by atoms with Crippen molar-refractivity contribution < 1.29 is 26.3 Å². The monoisotopic (exact) mass is 365 g/mol. The average molecular weight is 365 g/mol. The number of piperidine rings is 1. The largest absolute Gasteiger partial charge is 0.410 e. The molecule has 0 N–H and O–H groups in total.